The van der Waals surface area contributed by atoms with E-state index < -0.39 is 23.5 Å². The van der Waals surface area contributed by atoms with Crippen molar-refractivity contribution in [3.63, 3.8) is 0 Å². The maximum absolute atomic E-state index is 13.1. The monoisotopic (exact) mass is 902 g/mol. The van der Waals surface area contributed by atoms with E-state index in [4.69, 9.17) is 22.1 Å². The van der Waals surface area contributed by atoms with Crippen LogP contribution in [0.2, 0.25) is 0 Å². The van der Waals surface area contributed by atoms with Crippen LogP contribution >= 0.6 is 79.4 Å². The fourth-order valence-corrected chi connectivity index (χ4v) is 8.30. The average Bonchev–Trinajstić information content (AvgIpc) is 2.88. The van der Waals surface area contributed by atoms with E-state index >= 15 is 0 Å². The number of alkyl halides is 1. The minimum absolute atomic E-state index is 0. The molecule has 0 spiro atoms. The zero-order chi connectivity index (χ0) is 28.2. The van der Waals surface area contributed by atoms with Crippen LogP contribution in [0.1, 0.15) is 60.5 Å². The molecule has 0 aliphatic carbocycles. The van der Waals surface area contributed by atoms with Gasteiger partial charge in [-0.05, 0) is 111 Å². The van der Waals surface area contributed by atoms with Gasteiger partial charge >= 0.3 is 29.6 Å². The number of hydrogen-bond donors (Lipinski definition) is 2. The summed E-state index contributed by atoms with van der Waals surface area (Å²) < 4.78 is 8.14. The van der Waals surface area contributed by atoms with E-state index in [0.29, 0.717) is 44.2 Å². The average molecular weight is 903 g/mol. The Hall–Kier alpha value is 0.450. The third-order valence-corrected chi connectivity index (χ3v) is 9.47. The number of carboxylic acid groups (broad SMARTS) is 1. The van der Waals surface area contributed by atoms with Crippen LogP contribution in [0.3, 0.4) is 0 Å². The summed E-state index contributed by atoms with van der Waals surface area (Å²) >= 11 is 12.7. The second-order valence-corrected chi connectivity index (χ2v) is 12.7. The summed E-state index contributed by atoms with van der Waals surface area (Å²) in [5.41, 5.74) is 8.39. The van der Waals surface area contributed by atoms with E-state index in [-0.39, 0.29) is 47.9 Å². The first-order valence-electron chi connectivity index (χ1n) is 12.3. The molecule has 3 unspecified atom stereocenters. The topological polar surface area (TPSA) is 122 Å². The van der Waals surface area contributed by atoms with E-state index in [1.807, 2.05) is 43.3 Å². The van der Waals surface area contributed by atoms with E-state index in [9.17, 15) is 19.5 Å². The number of carbonyl (C=O) groups excluding carboxylic acids is 3. The quantitative estimate of drug-likeness (QED) is 0.0663. The minimum atomic E-state index is -1.07. The first kappa shape index (κ1) is 37.5. The van der Waals surface area contributed by atoms with Crippen LogP contribution in [0.4, 0.5) is 0 Å². The zero-order valence-electron chi connectivity index (χ0n) is 22.0. The van der Waals surface area contributed by atoms with Crippen LogP contribution in [-0.4, -0.2) is 35.8 Å². The van der Waals surface area contributed by atoms with Gasteiger partial charge in [-0.25, -0.2) is 0 Å². The van der Waals surface area contributed by atoms with Crippen LogP contribution in [0.25, 0.3) is 0 Å². The fraction of sp³-hybridized carbons (Fsp3) is 0.444. The number of Topliss-reactive ketones (excluding diaryl/α,β-unsaturated/α-hetero) is 1. The number of halogens is 4. The third kappa shape index (κ3) is 12.3. The molecule has 1 amide bonds. The number of aliphatic carboxylic acids is 1. The van der Waals surface area contributed by atoms with Gasteiger partial charge in [0.2, 0.25) is 5.91 Å². The zero-order valence-corrected chi connectivity index (χ0v) is 31.2. The number of carbonyl (C=O) groups is 3. The molecule has 0 aromatic heterocycles. The Bertz CT molecular complexity index is 1110. The molecule has 12 heteroatoms. The molecule has 7 nitrogen and oxygen atoms in total. The Morgan fingerprint density at radius 3 is 2.36 bits per heavy atom. The van der Waals surface area contributed by atoms with E-state index in [0.717, 1.165) is 28.3 Å². The molecule has 2 aromatic carbocycles. The van der Waals surface area contributed by atoms with Gasteiger partial charge in [-0.1, -0.05) is 43.7 Å². The van der Waals surface area contributed by atoms with Crippen molar-refractivity contribution in [2.24, 2.45) is 11.7 Å². The van der Waals surface area contributed by atoms with Crippen LogP contribution in [0.15, 0.2) is 36.4 Å². The van der Waals surface area contributed by atoms with Gasteiger partial charge in [-0.2, -0.15) is 0 Å². The Morgan fingerprint density at radius 2 is 1.74 bits per heavy atom. The largest absolute Gasteiger partial charge is 1.00 e. The molecule has 39 heavy (non-hydrogen) atoms. The number of benzene rings is 2. The number of amides is 1. The summed E-state index contributed by atoms with van der Waals surface area (Å²) in [7, 11) is 0. The van der Waals surface area contributed by atoms with E-state index in [1.54, 1.807) is 0 Å². The molecule has 2 rings (SSSR count). The van der Waals surface area contributed by atoms with E-state index in [1.165, 1.54) is 0 Å². The maximum Gasteiger partial charge on any atom is 1.00 e. The standard InChI is InChI=1S/C27H32ClI3N2O5.Na/c1-2-17(27(36)37)13-18-19(29)14-20(30)22(24(18)31)21(34)11-7-4-8-12-33-26(35)23(28)25(32)38-15-16-9-5-3-6-10-16;/h3,5-6,9-10,14,17,23,25H,2,4,7-8,11-13,15,32H2,1H3,(H,33,35)(H,36,37);/q;+1/p-1. The van der Waals surface area contributed by atoms with Crippen molar-refractivity contribution >= 4 is 97.0 Å². The number of carboxylic acids is 1. The van der Waals surface area contributed by atoms with Crippen LogP contribution in [0.5, 0.6) is 0 Å². The molecule has 3 N–H and O–H groups in total. The van der Waals surface area contributed by atoms with Crippen molar-refractivity contribution < 1.29 is 53.8 Å². The molecule has 0 fully saturated rings. The fourth-order valence-electron chi connectivity index (χ4n) is 3.74. The van der Waals surface area contributed by atoms with Gasteiger partial charge in [0.05, 0.1) is 6.61 Å². The van der Waals surface area contributed by atoms with Crippen molar-refractivity contribution in [3.8, 4) is 0 Å². The Kier molecular flexibility index (Phi) is 18.8. The molecule has 0 bridgehead atoms. The molecule has 2 aromatic rings. The number of ether oxygens (including phenoxy) is 1. The summed E-state index contributed by atoms with van der Waals surface area (Å²) in [5.74, 6) is -2.02. The summed E-state index contributed by atoms with van der Waals surface area (Å²) in [6, 6.07) is 11.4. The van der Waals surface area contributed by atoms with Crippen molar-refractivity contribution in [2.75, 3.05) is 6.54 Å². The Balaban J connectivity index is 0.00000760. The maximum atomic E-state index is 13.1. The molecule has 0 aliphatic heterocycles. The first-order valence-corrected chi connectivity index (χ1v) is 16.0. The third-order valence-electron chi connectivity index (χ3n) is 6.02. The summed E-state index contributed by atoms with van der Waals surface area (Å²) in [6.45, 7) is 2.51. The number of nitrogens with two attached hydrogens (primary N) is 1. The van der Waals surface area contributed by atoms with Crippen LogP contribution < -0.4 is 45.7 Å². The normalized spacial score (nSPS) is 13.2. The van der Waals surface area contributed by atoms with Gasteiger partial charge in [0.15, 0.2) is 11.2 Å². The van der Waals surface area contributed by atoms with Crippen molar-refractivity contribution in [1.82, 2.24) is 5.32 Å². The molecule has 0 saturated carbocycles. The molecule has 0 aliphatic rings. The van der Waals surface area contributed by atoms with Crippen LogP contribution in [-0.2, 0) is 27.4 Å². The molecule has 0 radical (unpaired) electrons. The SMILES string of the molecule is CCC(Cc1c(I)cc(I)c(C(=O)CCCCCNC(=O)C(Cl)C(N)OCc2ccccc2)c1I)C(=O)[O-].[Na+]. The number of ketones is 1. The van der Waals surface area contributed by atoms with E-state index in [2.05, 4.69) is 73.1 Å². The first-order chi connectivity index (χ1) is 18.1. The van der Waals surface area contributed by atoms with Gasteiger partial charge in [0.1, 0.15) is 6.23 Å². The number of hydrogen-bond acceptors (Lipinski definition) is 6. The van der Waals surface area contributed by atoms with Gasteiger partial charge in [-0.3, -0.25) is 9.59 Å². The smallest absolute Gasteiger partial charge is 0.550 e. The Labute approximate surface area is 298 Å². The molecular formula is C27H31ClI3N2NaO5. The molecule has 0 saturated heterocycles. The summed E-state index contributed by atoms with van der Waals surface area (Å²) in [6.07, 6.45) is 2.36. The predicted molar refractivity (Wildman–Crippen MR) is 172 cm³/mol. The minimum Gasteiger partial charge on any atom is -0.550 e. The second-order valence-electron chi connectivity index (χ2n) is 8.82. The molecule has 3 atom stereocenters. The van der Waals surface area contributed by atoms with Gasteiger partial charge in [0, 0.05) is 41.1 Å². The van der Waals surface area contributed by atoms with Crippen LogP contribution in [0, 0.1) is 16.6 Å². The summed E-state index contributed by atoms with van der Waals surface area (Å²) in [5, 5.41) is 13.2. The summed E-state index contributed by atoms with van der Waals surface area (Å²) in [4.78, 5) is 36.8. The van der Waals surface area contributed by atoms with Gasteiger partial charge < -0.3 is 25.7 Å². The molecule has 208 valence electrons. The number of unbranched alkanes of at least 4 members (excludes halogenated alkanes) is 2. The second kappa shape index (κ2) is 19.6. The van der Waals surface area contributed by atoms with Crippen molar-refractivity contribution in [3.05, 3.63) is 63.8 Å². The number of rotatable bonds is 16. The van der Waals surface area contributed by atoms with Gasteiger partial charge in [0.25, 0.3) is 0 Å². The van der Waals surface area contributed by atoms with Crippen molar-refractivity contribution in [1.29, 1.82) is 0 Å². The van der Waals surface area contributed by atoms with Crippen molar-refractivity contribution in [2.45, 2.75) is 63.7 Å². The molecule has 0 heterocycles. The number of nitrogens with one attached hydrogen (secondary N) is 1. The van der Waals surface area contributed by atoms with Gasteiger partial charge in [-0.15, -0.1) is 11.6 Å². The molecular weight excluding hydrogens is 871 g/mol. The Morgan fingerprint density at radius 1 is 1.08 bits per heavy atom. The predicted octanol–water partition coefficient (Wildman–Crippen LogP) is 1.79.